The molecule has 1 fully saturated rings. The van der Waals surface area contributed by atoms with E-state index < -0.39 is 0 Å². The van der Waals surface area contributed by atoms with Gasteiger partial charge in [0, 0.05) is 30.7 Å². The Bertz CT molecular complexity index is 588. The van der Waals surface area contributed by atoms with Crippen molar-refractivity contribution < 1.29 is 4.79 Å². The number of benzene rings is 1. The monoisotopic (exact) mass is 333 g/mol. The smallest absolute Gasteiger partial charge is 0.225 e. The second-order valence-electron chi connectivity index (χ2n) is 6.37. The van der Waals surface area contributed by atoms with E-state index >= 15 is 0 Å². The Morgan fingerprint density at radius 3 is 2.70 bits per heavy atom. The number of rotatable bonds is 6. The molecular formula is C18H24ClN3O. The van der Waals surface area contributed by atoms with Gasteiger partial charge in [0.15, 0.2) is 0 Å². The summed E-state index contributed by atoms with van der Waals surface area (Å²) < 4.78 is 0. The minimum Gasteiger partial charge on any atom is -0.326 e. The molecule has 0 bridgehead atoms. The Labute approximate surface area is 143 Å². The topological polar surface area (TPSA) is 56.1 Å². The van der Waals surface area contributed by atoms with E-state index in [9.17, 15) is 4.79 Å². The summed E-state index contributed by atoms with van der Waals surface area (Å²) in [5, 5.41) is 12.1. The number of nitriles is 1. The van der Waals surface area contributed by atoms with Crippen molar-refractivity contribution in [2.24, 2.45) is 0 Å². The van der Waals surface area contributed by atoms with E-state index in [1.54, 1.807) is 18.2 Å². The van der Waals surface area contributed by atoms with E-state index in [0.717, 1.165) is 6.54 Å². The third-order valence-electron chi connectivity index (χ3n) is 4.43. The van der Waals surface area contributed by atoms with Crippen LogP contribution in [-0.4, -0.2) is 29.4 Å². The van der Waals surface area contributed by atoms with Gasteiger partial charge in [-0.3, -0.25) is 9.69 Å². The van der Waals surface area contributed by atoms with Crippen molar-refractivity contribution in [2.75, 3.05) is 11.9 Å². The van der Waals surface area contributed by atoms with Crippen LogP contribution in [0.25, 0.3) is 0 Å². The zero-order chi connectivity index (χ0) is 16.8. The molecule has 1 N–H and O–H groups in total. The van der Waals surface area contributed by atoms with E-state index in [2.05, 4.69) is 24.1 Å². The molecule has 0 spiro atoms. The predicted octanol–water partition coefficient (Wildman–Crippen LogP) is 4.19. The maximum Gasteiger partial charge on any atom is 0.225 e. The molecule has 4 nitrogen and oxygen atoms in total. The summed E-state index contributed by atoms with van der Waals surface area (Å²) >= 11 is 5.99. The maximum atomic E-state index is 12.2. The summed E-state index contributed by atoms with van der Waals surface area (Å²) in [6, 6.07) is 8.03. The molecule has 1 aromatic carbocycles. The van der Waals surface area contributed by atoms with Crippen molar-refractivity contribution >= 4 is 23.2 Å². The molecule has 1 amide bonds. The second-order valence-corrected chi connectivity index (χ2v) is 6.78. The highest BCUT2D eigenvalue weighted by atomic mass is 35.5. The van der Waals surface area contributed by atoms with E-state index in [1.807, 2.05) is 6.07 Å². The number of hydrogen-bond donors (Lipinski definition) is 1. The number of anilines is 1. The lowest BCUT2D eigenvalue weighted by molar-refractivity contribution is -0.116. The highest BCUT2D eigenvalue weighted by Gasteiger charge is 2.24. The van der Waals surface area contributed by atoms with Crippen LogP contribution in [0.5, 0.6) is 0 Å². The Morgan fingerprint density at radius 2 is 2.13 bits per heavy atom. The fourth-order valence-electron chi connectivity index (χ4n) is 3.24. The number of halogens is 1. The molecule has 5 heteroatoms. The molecule has 1 saturated carbocycles. The molecule has 0 aromatic heterocycles. The molecule has 0 unspecified atom stereocenters. The molecule has 124 valence electrons. The molecule has 0 heterocycles. The van der Waals surface area contributed by atoms with E-state index in [-0.39, 0.29) is 5.91 Å². The van der Waals surface area contributed by atoms with Gasteiger partial charge in [0.1, 0.15) is 6.07 Å². The van der Waals surface area contributed by atoms with Crippen LogP contribution in [0.15, 0.2) is 18.2 Å². The molecule has 1 aliphatic carbocycles. The van der Waals surface area contributed by atoms with Gasteiger partial charge in [0.05, 0.1) is 10.6 Å². The maximum absolute atomic E-state index is 12.2. The molecule has 2 rings (SSSR count). The van der Waals surface area contributed by atoms with Gasteiger partial charge >= 0.3 is 0 Å². The van der Waals surface area contributed by atoms with Gasteiger partial charge in [-0.15, -0.1) is 0 Å². The van der Waals surface area contributed by atoms with Gasteiger partial charge in [0.25, 0.3) is 0 Å². The van der Waals surface area contributed by atoms with Gasteiger partial charge in [-0.2, -0.15) is 5.26 Å². The van der Waals surface area contributed by atoms with Crippen molar-refractivity contribution in [3.8, 4) is 6.07 Å². The lowest BCUT2D eigenvalue weighted by atomic mass is 10.1. The zero-order valence-electron chi connectivity index (χ0n) is 13.8. The van der Waals surface area contributed by atoms with Gasteiger partial charge in [-0.05, 0) is 44.9 Å². The number of nitrogens with one attached hydrogen (secondary N) is 1. The fourth-order valence-corrected chi connectivity index (χ4v) is 3.46. The highest BCUT2D eigenvalue weighted by molar-refractivity contribution is 6.32. The first-order valence-corrected chi connectivity index (χ1v) is 8.64. The SMILES string of the molecule is CC(C)N(CCC(=O)Nc1ccc(C#N)c(Cl)c1)C1CCCC1. The van der Waals surface area contributed by atoms with Crippen LogP contribution in [0.4, 0.5) is 5.69 Å². The van der Waals surface area contributed by atoms with E-state index in [0.29, 0.717) is 34.8 Å². The zero-order valence-corrected chi connectivity index (χ0v) is 14.6. The van der Waals surface area contributed by atoms with E-state index in [4.69, 9.17) is 16.9 Å². The second kappa shape index (κ2) is 8.33. The molecule has 0 aliphatic heterocycles. The van der Waals surface area contributed by atoms with Crippen LogP contribution in [0, 0.1) is 11.3 Å². The lowest BCUT2D eigenvalue weighted by Gasteiger charge is -2.32. The molecule has 1 aliphatic rings. The predicted molar refractivity (Wildman–Crippen MR) is 93.5 cm³/mol. The quantitative estimate of drug-likeness (QED) is 0.849. The fraction of sp³-hybridized carbons (Fsp3) is 0.556. The minimum absolute atomic E-state index is 0.0191. The van der Waals surface area contributed by atoms with Gasteiger partial charge in [0.2, 0.25) is 5.91 Å². The summed E-state index contributed by atoms with van der Waals surface area (Å²) in [6.45, 7) is 5.16. The standard InChI is InChI=1S/C18H24ClN3O/c1-13(2)22(16-5-3-4-6-16)10-9-18(23)21-15-8-7-14(12-20)17(19)11-15/h7-8,11,13,16H,3-6,9-10H2,1-2H3,(H,21,23). The largest absolute Gasteiger partial charge is 0.326 e. The number of carbonyl (C=O) groups excluding carboxylic acids is 1. The number of amides is 1. The van der Waals surface area contributed by atoms with Crippen LogP contribution in [0.3, 0.4) is 0 Å². The lowest BCUT2D eigenvalue weighted by Crippen LogP contribution is -2.40. The third kappa shape index (κ3) is 4.95. The highest BCUT2D eigenvalue weighted by Crippen LogP contribution is 2.25. The third-order valence-corrected chi connectivity index (χ3v) is 4.74. The Kier molecular flexibility index (Phi) is 6.44. The minimum atomic E-state index is -0.0191. The van der Waals surface area contributed by atoms with Gasteiger partial charge in [-0.1, -0.05) is 24.4 Å². The van der Waals surface area contributed by atoms with Crippen LogP contribution in [0.2, 0.25) is 5.02 Å². The van der Waals surface area contributed by atoms with Crippen molar-refractivity contribution in [2.45, 2.75) is 58.0 Å². The van der Waals surface area contributed by atoms with Crippen molar-refractivity contribution in [1.29, 1.82) is 5.26 Å². The average molecular weight is 334 g/mol. The van der Waals surface area contributed by atoms with Crippen LogP contribution in [-0.2, 0) is 4.79 Å². The summed E-state index contributed by atoms with van der Waals surface area (Å²) in [7, 11) is 0. The molecule has 1 aromatic rings. The normalized spacial score (nSPS) is 15.1. The Hall–Kier alpha value is -1.57. The van der Waals surface area contributed by atoms with Crippen LogP contribution in [0.1, 0.15) is 51.5 Å². The summed E-state index contributed by atoms with van der Waals surface area (Å²) in [5.74, 6) is -0.0191. The summed E-state index contributed by atoms with van der Waals surface area (Å²) in [4.78, 5) is 14.6. The number of carbonyl (C=O) groups is 1. The number of hydrogen-bond acceptors (Lipinski definition) is 3. The molecule has 0 saturated heterocycles. The van der Waals surface area contributed by atoms with Crippen molar-refractivity contribution in [3.05, 3.63) is 28.8 Å². The summed E-state index contributed by atoms with van der Waals surface area (Å²) in [6.07, 6.45) is 5.54. The first-order valence-electron chi connectivity index (χ1n) is 8.26. The molecule has 23 heavy (non-hydrogen) atoms. The first-order chi connectivity index (χ1) is 11.0. The Morgan fingerprint density at radius 1 is 1.43 bits per heavy atom. The first kappa shape index (κ1) is 17.8. The van der Waals surface area contributed by atoms with Crippen molar-refractivity contribution in [3.63, 3.8) is 0 Å². The number of nitrogens with zero attached hydrogens (tertiary/aromatic N) is 2. The van der Waals surface area contributed by atoms with E-state index in [1.165, 1.54) is 25.7 Å². The van der Waals surface area contributed by atoms with Crippen LogP contribution >= 0.6 is 11.6 Å². The van der Waals surface area contributed by atoms with Crippen molar-refractivity contribution in [1.82, 2.24) is 4.90 Å². The molecular weight excluding hydrogens is 310 g/mol. The summed E-state index contributed by atoms with van der Waals surface area (Å²) in [5.41, 5.74) is 1.05. The average Bonchev–Trinajstić information content (AvgIpc) is 3.01. The Balaban J connectivity index is 1.88. The molecule has 0 radical (unpaired) electrons. The molecule has 0 atom stereocenters. The van der Waals surface area contributed by atoms with Gasteiger partial charge < -0.3 is 5.32 Å². The van der Waals surface area contributed by atoms with Gasteiger partial charge in [-0.25, -0.2) is 0 Å². The van der Waals surface area contributed by atoms with Crippen LogP contribution < -0.4 is 5.32 Å².